The van der Waals surface area contributed by atoms with Crippen molar-refractivity contribution in [2.45, 2.75) is 61.7 Å². The molecule has 2 fully saturated rings. The second kappa shape index (κ2) is 9.92. The van der Waals surface area contributed by atoms with E-state index < -0.39 is 11.7 Å². The summed E-state index contributed by atoms with van der Waals surface area (Å²) < 4.78 is 47.8. The van der Waals surface area contributed by atoms with Crippen molar-refractivity contribution < 1.29 is 17.9 Å². The zero-order chi connectivity index (χ0) is 24.7. The van der Waals surface area contributed by atoms with Gasteiger partial charge in [-0.3, -0.25) is 4.90 Å². The molecular weight excluding hydrogens is 481 g/mol. The molecule has 7 heteroatoms. The molecule has 3 aliphatic rings. The van der Waals surface area contributed by atoms with Crippen LogP contribution in [0.1, 0.15) is 54.8 Å². The van der Waals surface area contributed by atoms with E-state index in [4.69, 9.17) is 4.74 Å². The second-order valence-corrected chi connectivity index (χ2v) is 11.4. The predicted octanol–water partition coefficient (Wildman–Crippen LogP) is 7.49. The van der Waals surface area contributed by atoms with E-state index in [1.807, 2.05) is 0 Å². The van der Waals surface area contributed by atoms with E-state index in [9.17, 15) is 13.2 Å². The van der Waals surface area contributed by atoms with E-state index in [0.717, 1.165) is 68.7 Å². The average molecular weight is 513 g/mol. The summed E-state index contributed by atoms with van der Waals surface area (Å²) in [4.78, 5) is 3.67. The largest absolute Gasteiger partial charge is 0.490 e. The Morgan fingerprint density at radius 1 is 0.806 bits per heavy atom. The lowest BCUT2D eigenvalue weighted by molar-refractivity contribution is -0.137. The molecule has 1 unspecified atom stereocenters. The molecule has 0 bridgehead atoms. The van der Waals surface area contributed by atoms with Crippen LogP contribution >= 0.6 is 11.9 Å². The highest BCUT2D eigenvalue weighted by Crippen LogP contribution is 2.40. The first-order valence-electron chi connectivity index (χ1n) is 13.0. The lowest BCUT2D eigenvalue weighted by Gasteiger charge is -2.37. The van der Waals surface area contributed by atoms with E-state index in [1.165, 1.54) is 40.6 Å². The summed E-state index contributed by atoms with van der Waals surface area (Å²) in [7, 11) is 0. The van der Waals surface area contributed by atoms with E-state index >= 15 is 0 Å². The second-order valence-electron chi connectivity index (χ2n) is 10.2. The maximum Gasteiger partial charge on any atom is 0.416 e. The smallest absolute Gasteiger partial charge is 0.416 e. The quantitative estimate of drug-likeness (QED) is 0.329. The normalized spacial score (nSPS) is 21.8. The number of aryl methyl sites for hydroxylation is 1. The number of fused-ring (bicyclic) bond motifs is 2. The van der Waals surface area contributed by atoms with Gasteiger partial charge in [0.05, 0.1) is 11.7 Å². The number of piperazine rings is 1. The third-order valence-electron chi connectivity index (χ3n) is 7.85. The lowest BCUT2D eigenvalue weighted by atomic mass is 10.0. The molecule has 1 saturated carbocycles. The topological polar surface area (TPSA) is 15.7 Å². The Kier molecular flexibility index (Phi) is 6.65. The fourth-order valence-corrected chi connectivity index (χ4v) is 6.89. The Bertz CT molecular complexity index is 1230. The summed E-state index contributed by atoms with van der Waals surface area (Å²) in [6.45, 7) is 3.72. The number of nitrogens with zero attached hydrogens (tertiary/aromatic N) is 2. The summed E-state index contributed by atoms with van der Waals surface area (Å²) in [5, 5.41) is 2.42. The maximum absolute atomic E-state index is 13.1. The first kappa shape index (κ1) is 24.1. The van der Waals surface area contributed by atoms with Crippen LogP contribution in [0.3, 0.4) is 0 Å². The van der Waals surface area contributed by atoms with Crippen LogP contribution in [0.25, 0.3) is 10.8 Å². The first-order chi connectivity index (χ1) is 17.4. The number of benzene rings is 3. The summed E-state index contributed by atoms with van der Waals surface area (Å²) >= 11 is 1.80. The van der Waals surface area contributed by atoms with Crippen LogP contribution < -0.4 is 4.74 Å². The molecule has 190 valence electrons. The third-order valence-corrected chi connectivity index (χ3v) is 8.94. The predicted molar refractivity (Wildman–Crippen MR) is 138 cm³/mol. The molecule has 2 aliphatic carbocycles. The van der Waals surface area contributed by atoms with Crippen LogP contribution in [0.15, 0.2) is 59.5 Å². The van der Waals surface area contributed by atoms with Gasteiger partial charge in [-0.25, -0.2) is 4.31 Å². The standard InChI is InChI=1S/C29H31F3N2OS/c30-29(31,32)23-8-11-27-22(17-23)7-12-28(27)33-13-15-34(16-14-33)36-26-10-6-20-18-25(9-5-21(20)19-26)35-24-3-1-2-4-24/h5-6,8-11,17-19,24,28H,1-4,7,12-16H2. The number of ether oxygens (including phenoxy) is 1. The summed E-state index contributed by atoms with van der Waals surface area (Å²) in [6, 6.07) is 17.5. The van der Waals surface area contributed by atoms with Gasteiger partial charge in [0, 0.05) is 37.1 Å². The van der Waals surface area contributed by atoms with Crippen molar-refractivity contribution in [1.29, 1.82) is 0 Å². The molecule has 1 heterocycles. The van der Waals surface area contributed by atoms with Crippen molar-refractivity contribution in [2.75, 3.05) is 26.2 Å². The van der Waals surface area contributed by atoms with Crippen LogP contribution in [0.5, 0.6) is 5.75 Å². The van der Waals surface area contributed by atoms with Gasteiger partial charge < -0.3 is 4.74 Å². The molecule has 0 aromatic heterocycles. The zero-order valence-corrected chi connectivity index (χ0v) is 21.1. The van der Waals surface area contributed by atoms with E-state index in [2.05, 4.69) is 45.6 Å². The summed E-state index contributed by atoms with van der Waals surface area (Å²) in [5.41, 5.74) is 1.41. The highest BCUT2D eigenvalue weighted by molar-refractivity contribution is 7.97. The summed E-state index contributed by atoms with van der Waals surface area (Å²) in [5.74, 6) is 0.967. The van der Waals surface area contributed by atoms with Gasteiger partial charge in [0.25, 0.3) is 0 Å². The first-order valence-corrected chi connectivity index (χ1v) is 13.8. The molecule has 1 atom stereocenters. The van der Waals surface area contributed by atoms with Crippen LogP contribution in [-0.4, -0.2) is 41.5 Å². The number of alkyl halides is 3. The van der Waals surface area contributed by atoms with Crippen molar-refractivity contribution in [3.8, 4) is 5.75 Å². The van der Waals surface area contributed by atoms with Crippen molar-refractivity contribution in [3.05, 3.63) is 71.3 Å². The maximum atomic E-state index is 13.1. The molecule has 6 rings (SSSR count). The van der Waals surface area contributed by atoms with Crippen LogP contribution in [0.2, 0.25) is 0 Å². The molecule has 3 nitrogen and oxygen atoms in total. The summed E-state index contributed by atoms with van der Waals surface area (Å²) in [6.07, 6.45) is 2.58. The Morgan fingerprint density at radius 3 is 2.33 bits per heavy atom. The van der Waals surface area contributed by atoms with Crippen LogP contribution in [0, 0.1) is 0 Å². The molecule has 3 aromatic rings. The molecule has 1 aliphatic heterocycles. The average Bonchev–Trinajstić information content (AvgIpc) is 3.54. The molecule has 1 saturated heterocycles. The van der Waals surface area contributed by atoms with Gasteiger partial charge in [0.2, 0.25) is 0 Å². The van der Waals surface area contributed by atoms with Gasteiger partial charge in [0.1, 0.15) is 5.75 Å². The van der Waals surface area contributed by atoms with E-state index in [1.54, 1.807) is 18.0 Å². The van der Waals surface area contributed by atoms with Gasteiger partial charge in [-0.15, -0.1) is 0 Å². The Labute approximate surface area is 214 Å². The van der Waals surface area contributed by atoms with E-state index in [-0.39, 0.29) is 6.04 Å². The minimum atomic E-state index is -4.27. The minimum Gasteiger partial charge on any atom is -0.490 e. The highest BCUT2D eigenvalue weighted by Gasteiger charge is 2.35. The fraction of sp³-hybridized carbons (Fsp3) is 0.448. The number of hydrogen-bond acceptors (Lipinski definition) is 4. The number of hydrogen-bond donors (Lipinski definition) is 0. The van der Waals surface area contributed by atoms with Crippen molar-refractivity contribution in [3.63, 3.8) is 0 Å². The monoisotopic (exact) mass is 512 g/mol. The van der Waals surface area contributed by atoms with Gasteiger partial charge >= 0.3 is 6.18 Å². The van der Waals surface area contributed by atoms with Gasteiger partial charge in [-0.2, -0.15) is 13.2 Å². The zero-order valence-electron chi connectivity index (χ0n) is 20.3. The molecule has 0 amide bonds. The number of halogens is 3. The van der Waals surface area contributed by atoms with Gasteiger partial charge in [-0.1, -0.05) is 18.2 Å². The van der Waals surface area contributed by atoms with Gasteiger partial charge in [0.15, 0.2) is 0 Å². The van der Waals surface area contributed by atoms with Crippen molar-refractivity contribution in [2.24, 2.45) is 0 Å². The number of rotatable bonds is 5. The SMILES string of the molecule is FC(F)(F)c1ccc2c(c1)CCC2N1CCN(Sc2ccc3cc(OC4CCCC4)ccc3c2)CC1. The van der Waals surface area contributed by atoms with Crippen LogP contribution in [-0.2, 0) is 12.6 Å². The highest BCUT2D eigenvalue weighted by atomic mass is 32.2. The molecule has 0 N–H and O–H groups in total. The lowest BCUT2D eigenvalue weighted by Crippen LogP contribution is -2.44. The molecule has 3 aromatic carbocycles. The molecule has 0 spiro atoms. The van der Waals surface area contributed by atoms with Gasteiger partial charge in [-0.05, 0) is 109 Å². The minimum absolute atomic E-state index is 0.232. The Balaban J connectivity index is 1.06. The molecule has 0 radical (unpaired) electrons. The van der Waals surface area contributed by atoms with Crippen molar-refractivity contribution >= 4 is 22.7 Å². The molecular formula is C29H31F3N2OS. The Hall–Kier alpha value is -2.22. The van der Waals surface area contributed by atoms with Crippen LogP contribution in [0.4, 0.5) is 13.2 Å². The fourth-order valence-electron chi connectivity index (χ4n) is 5.94. The third kappa shape index (κ3) is 5.11. The van der Waals surface area contributed by atoms with Crippen molar-refractivity contribution in [1.82, 2.24) is 9.21 Å². The Morgan fingerprint density at radius 2 is 1.56 bits per heavy atom. The van der Waals surface area contributed by atoms with E-state index in [0.29, 0.717) is 6.10 Å². The molecule has 36 heavy (non-hydrogen) atoms.